The molecule has 0 aliphatic rings. The van der Waals surface area contributed by atoms with Crippen molar-refractivity contribution in [3.05, 3.63) is 51.7 Å². The number of halogens is 3. The zero-order valence-corrected chi connectivity index (χ0v) is 9.80. The fourth-order valence-corrected chi connectivity index (χ4v) is 1.57. The number of aromatic amines is 1. The summed E-state index contributed by atoms with van der Waals surface area (Å²) in [6.07, 6.45) is 0. The first-order valence-corrected chi connectivity index (χ1v) is 5.37. The lowest BCUT2D eigenvalue weighted by Crippen LogP contribution is -2.15. The highest BCUT2D eigenvalue weighted by molar-refractivity contribution is 5.34. The summed E-state index contributed by atoms with van der Waals surface area (Å²) in [5.41, 5.74) is -0.279. The Kier molecular flexibility index (Phi) is 3.02. The molecule has 18 heavy (non-hydrogen) atoms. The van der Waals surface area contributed by atoms with Crippen molar-refractivity contribution in [3.8, 4) is 5.69 Å². The van der Waals surface area contributed by atoms with Crippen LogP contribution < -0.4 is 5.56 Å². The van der Waals surface area contributed by atoms with Gasteiger partial charge in [0.1, 0.15) is 5.69 Å². The first-order chi connectivity index (χ1) is 8.40. The summed E-state index contributed by atoms with van der Waals surface area (Å²) < 4.78 is 40.2. The molecule has 0 aliphatic carbocycles. The zero-order valence-electron chi connectivity index (χ0n) is 9.80. The van der Waals surface area contributed by atoms with Gasteiger partial charge in [0, 0.05) is 23.9 Å². The van der Waals surface area contributed by atoms with Gasteiger partial charge in [-0.25, -0.2) is 17.9 Å². The van der Waals surface area contributed by atoms with Crippen LogP contribution in [0.3, 0.4) is 0 Å². The molecule has 3 nitrogen and oxygen atoms in total. The van der Waals surface area contributed by atoms with Gasteiger partial charge in [-0.3, -0.25) is 9.89 Å². The number of H-pyrrole nitrogens is 1. The van der Waals surface area contributed by atoms with Crippen molar-refractivity contribution in [3.63, 3.8) is 0 Å². The smallest absolute Gasteiger partial charge is 0.271 e. The van der Waals surface area contributed by atoms with E-state index in [1.807, 2.05) is 13.8 Å². The Morgan fingerprint density at radius 3 is 2.22 bits per heavy atom. The molecule has 0 atom stereocenters. The average molecular weight is 256 g/mol. The number of benzene rings is 1. The van der Waals surface area contributed by atoms with E-state index in [2.05, 4.69) is 5.10 Å². The molecule has 1 heterocycles. The fourth-order valence-electron chi connectivity index (χ4n) is 1.57. The molecule has 0 aliphatic heterocycles. The van der Waals surface area contributed by atoms with E-state index in [1.54, 1.807) is 0 Å². The molecule has 1 aromatic heterocycles. The van der Waals surface area contributed by atoms with Gasteiger partial charge < -0.3 is 0 Å². The molecular formula is C12H11F3N2O. The van der Waals surface area contributed by atoms with E-state index in [0.717, 1.165) is 4.68 Å². The van der Waals surface area contributed by atoms with E-state index < -0.39 is 23.0 Å². The molecule has 0 fully saturated rings. The molecule has 1 aromatic carbocycles. The molecule has 96 valence electrons. The highest BCUT2D eigenvalue weighted by Crippen LogP contribution is 2.17. The maximum atomic E-state index is 13.5. The van der Waals surface area contributed by atoms with Crippen molar-refractivity contribution in [2.45, 2.75) is 19.8 Å². The molecule has 2 rings (SSSR count). The number of nitrogens with one attached hydrogen (secondary N) is 1. The third-order valence-corrected chi connectivity index (χ3v) is 2.59. The van der Waals surface area contributed by atoms with Gasteiger partial charge >= 0.3 is 0 Å². The van der Waals surface area contributed by atoms with Crippen LogP contribution in [0.5, 0.6) is 0 Å². The third kappa shape index (κ3) is 2.05. The van der Waals surface area contributed by atoms with E-state index in [-0.39, 0.29) is 11.6 Å². The fraction of sp³-hybridized carbons (Fsp3) is 0.250. The maximum absolute atomic E-state index is 13.5. The predicted octanol–water partition coefficient (Wildman–Crippen LogP) is 2.71. The number of aromatic nitrogens is 2. The van der Waals surface area contributed by atoms with Crippen LogP contribution in [0.2, 0.25) is 0 Å². The summed E-state index contributed by atoms with van der Waals surface area (Å²) in [5.74, 6) is -3.47. The molecule has 0 saturated carbocycles. The Morgan fingerprint density at radius 2 is 1.67 bits per heavy atom. The van der Waals surface area contributed by atoms with Crippen LogP contribution in [0.15, 0.2) is 23.0 Å². The van der Waals surface area contributed by atoms with Crippen molar-refractivity contribution >= 4 is 0 Å². The van der Waals surface area contributed by atoms with E-state index >= 15 is 0 Å². The van der Waals surface area contributed by atoms with E-state index in [9.17, 15) is 18.0 Å². The molecule has 0 amide bonds. The number of hydrogen-bond donors (Lipinski definition) is 1. The van der Waals surface area contributed by atoms with Crippen molar-refractivity contribution in [2.75, 3.05) is 0 Å². The predicted molar refractivity (Wildman–Crippen MR) is 60.4 cm³/mol. The largest absolute Gasteiger partial charge is 0.295 e. The number of rotatable bonds is 2. The van der Waals surface area contributed by atoms with Crippen LogP contribution in [0, 0.1) is 17.5 Å². The Labute approximate surface area is 101 Å². The van der Waals surface area contributed by atoms with E-state index in [0.29, 0.717) is 17.8 Å². The maximum Gasteiger partial charge on any atom is 0.271 e. The molecule has 0 unspecified atom stereocenters. The standard InChI is InChI=1S/C12H11F3N2O/c1-6(2)10-5-12(18)17(16-10)11-4-8(14)7(13)3-9(11)15/h3-6,16H,1-2H3. The molecule has 2 aromatic rings. The lowest BCUT2D eigenvalue weighted by molar-refractivity contribution is 0.491. The van der Waals surface area contributed by atoms with Crippen LogP contribution in [-0.4, -0.2) is 9.78 Å². The molecule has 0 saturated heterocycles. The first kappa shape index (κ1) is 12.5. The van der Waals surface area contributed by atoms with Gasteiger partial charge in [0.2, 0.25) is 0 Å². The van der Waals surface area contributed by atoms with Crippen molar-refractivity contribution in [2.24, 2.45) is 0 Å². The van der Waals surface area contributed by atoms with Crippen LogP contribution in [-0.2, 0) is 0 Å². The molecule has 0 bridgehead atoms. The Bertz CT molecular complexity index is 643. The summed E-state index contributed by atoms with van der Waals surface area (Å²) in [4.78, 5) is 11.6. The lowest BCUT2D eigenvalue weighted by Gasteiger charge is -2.05. The molecular weight excluding hydrogens is 245 g/mol. The molecule has 6 heteroatoms. The summed E-state index contributed by atoms with van der Waals surface area (Å²) in [6.45, 7) is 3.69. The van der Waals surface area contributed by atoms with Crippen LogP contribution in [0.1, 0.15) is 25.5 Å². The van der Waals surface area contributed by atoms with Crippen LogP contribution in [0.4, 0.5) is 13.2 Å². The normalized spacial score (nSPS) is 11.2. The minimum Gasteiger partial charge on any atom is -0.295 e. The summed E-state index contributed by atoms with van der Waals surface area (Å²) in [7, 11) is 0. The van der Waals surface area contributed by atoms with E-state index in [1.165, 1.54) is 6.07 Å². The van der Waals surface area contributed by atoms with Crippen molar-refractivity contribution in [1.29, 1.82) is 0 Å². The van der Waals surface area contributed by atoms with Crippen LogP contribution >= 0.6 is 0 Å². The molecule has 0 radical (unpaired) electrons. The highest BCUT2D eigenvalue weighted by atomic mass is 19.2. The van der Waals surface area contributed by atoms with E-state index in [4.69, 9.17) is 0 Å². The summed E-state index contributed by atoms with van der Waals surface area (Å²) >= 11 is 0. The van der Waals surface area contributed by atoms with Gasteiger partial charge in [0.15, 0.2) is 17.5 Å². The zero-order chi connectivity index (χ0) is 13.4. The minimum atomic E-state index is -1.29. The molecule has 0 spiro atoms. The van der Waals surface area contributed by atoms with Gasteiger partial charge in [0.25, 0.3) is 5.56 Å². The van der Waals surface area contributed by atoms with Crippen LogP contribution in [0.25, 0.3) is 5.69 Å². The Balaban J connectivity index is 2.62. The van der Waals surface area contributed by atoms with Gasteiger partial charge in [0.05, 0.1) is 0 Å². The SMILES string of the molecule is CC(C)c1cc(=O)n(-c2cc(F)c(F)cc2F)[nH]1. The summed E-state index contributed by atoms with van der Waals surface area (Å²) in [6, 6.07) is 2.35. The quantitative estimate of drug-likeness (QED) is 0.824. The monoisotopic (exact) mass is 256 g/mol. The topological polar surface area (TPSA) is 37.8 Å². The Morgan fingerprint density at radius 1 is 1.06 bits per heavy atom. The first-order valence-electron chi connectivity index (χ1n) is 5.37. The second-order valence-corrected chi connectivity index (χ2v) is 4.26. The lowest BCUT2D eigenvalue weighted by atomic mass is 10.1. The second kappa shape index (κ2) is 4.36. The molecule has 1 N–H and O–H groups in total. The number of nitrogens with zero attached hydrogens (tertiary/aromatic N) is 1. The number of hydrogen-bond acceptors (Lipinski definition) is 1. The second-order valence-electron chi connectivity index (χ2n) is 4.26. The van der Waals surface area contributed by atoms with Crippen molar-refractivity contribution < 1.29 is 13.2 Å². The van der Waals surface area contributed by atoms with Gasteiger partial charge in [-0.05, 0) is 5.92 Å². The minimum absolute atomic E-state index is 0.0345. The Hall–Kier alpha value is -1.98. The van der Waals surface area contributed by atoms with Gasteiger partial charge in [-0.1, -0.05) is 13.8 Å². The van der Waals surface area contributed by atoms with Gasteiger partial charge in [-0.2, -0.15) is 0 Å². The average Bonchev–Trinajstić information content (AvgIpc) is 2.66. The van der Waals surface area contributed by atoms with Gasteiger partial charge in [-0.15, -0.1) is 0 Å². The summed E-state index contributed by atoms with van der Waals surface area (Å²) in [5, 5.41) is 2.66. The highest BCUT2D eigenvalue weighted by Gasteiger charge is 2.15. The van der Waals surface area contributed by atoms with Crippen molar-refractivity contribution in [1.82, 2.24) is 9.78 Å². The third-order valence-electron chi connectivity index (χ3n) is 2.59.